The van der Waals surface area contributed by atoms with E-state index in [9.17, 15) is 14.9 Å². The van der Waals surface area contributed by atoms with Crippen LogP contribution in [0.4, 0.5) is 5.69 Å². The van der Waals surface area contributed by atoms with Gasteiger partial charge in [0.2, 0.25) is 0 Å². The van der Waals surface area contributed by atoms with Gasteiger partial charge in [-0.3, -0.25) is 14.5 Å². The molecule has 3 aromatic carbocycles. The van der Waals surface area contributed by atoms with E-state index < -0.39 is 11.6 Å². The number of aromatic amines is 1. The summed E-state index contributed by atoms with van der Waals surface area (Å²) in [6.45, 7) is 0. The lowest BCUT2D eigenvalue weighted by Crippen LogP contribution is -2.28. The van der Waals surface area contributed by atoms with Gasteiger partial charge in [-0.2, -0.15) is 5.26 Å². The van der Waals surface area contributed by atoms with Crippen LogP contribution in [0.1, 0.15) is 33.2 Å². The topological polar surface area (TPSA) is 86.2 Å². The molecular weight excluding hydrogens is 450 g/mol. The number of aromatic nitrogens is 1. The summed E-state index contributed by atoms with van der Waals surface area (Å²) >= 11 is 6.09. The van der Waals surface area contributed by atoms with Gasteiger partial charge in [-0.15, -0.1) is 0 Å². The number of carbonyl (C=O) groups is 1. The van der Waals surface area contributed by atoms with E-state index in [0.717, 1.165) is 5.56 Å². The normalized spacial score (nSPS) is 14.6. The highest BCUT2D eigenvalue weighted by atomic mass is 35.5. The smallest absolute Gasteiger partial charge is 0.276 e. The Bertz CT molecular complexity index is 1490. The third kappa shape index (κ3) is 3.43. The molecule has 0 aliphatic carbocycles. The number of hydrogen-bond donors (Lipinski definition) is 1. The van der Waals surface area contributed by atoms with E-state index in [1.807, 2.05) is 60.7 Å². The van der Waals surface area contributed by atoms with Gasteiger partial charge in [-0.25, -0.2) is 0 Å². The first-order chi connectivity index (χ1) is 16.5. The standard InChI is InChI=1S/C27H18ClN3O3/c1-34-20-13-9-17(10-14-20)25-23-22(16-7-11-18(28)12-8-16)21(15-29)26(32)30-24(23)27(33)31(25)19-5-3-2-4-6-19/h2-14,25H,1H3,(H,30,32). The maximum absolute atomic E-state index is 13.7. The predicted molar refractivity (Wildman–Crippen MR) is 130 cm³/mol. The van der Waals surface area contributed by atoms with Crippen molar-refractivity contribution in [2.24, 2.45) is 0 Å². The minimum atomic E-state index is -0.608. The molecule has 1 amide bonds. The SMILES string of the molecule is COc1ccc(C2c3c([nH]c(=O)c(C#N)c3-c3ccc(Cl)cc3)C(=O)N2c2ccccc2)cc1. The second-order valence-corrected chi connectivity index (χ2v) is 8.23. The summed E-state index contributed by atoms with van der Waals surface area (Å²) in [5, 5.41) is 10.4. The third-order valence-electron chi connectivity index (χ3n) is 5.93. The lowest BCUT2D eigenvalue weighted by atomic mass is 9.89. The summed E-state index contributed by atoms with van der Waals surface area (Å²) < 4.78 is 5.31. The van der Waals surface area contributed by atoms with Crippen molar-refractivity contribution in [2.45, 2.75) is 6.04 Å². The van der Waals surface area contributed by atoms with Gasteiger partial charge in [-0.05, 0) is 47.5 Å². The molecule has 1 aromatic heterocycles. The molecule has 4 aromatic rings. The molecule has 6 nitrogen and oxygen atoms in total. The largest absolute Gasteiger partial charge is 0.497 e. The van der Waals surface area contributed by atoms with Crippen LogP contribution < -0.4 is 15.2 Å². The van der Waals surface area contributed by atoms with E-state index in [0.29, 0.717) is 33.1 Å². The van der Waals surface area contributed by atoms with Gasteiger partial charge in [-0.1, -0.05) is 54.1 Å². The van der Waals surface area contributed by atoms with Gasteiger partial charge in [0, 0.05) is 21.8 Å². The molecule has 1 unspecified atom stereocenters. The maximum atomic E-state index is 13.7. The van der Waals surface area contributed by atoms with E-state index in [1.54, 1.807) is 36.3 Å². The highest BCUT2D eigenvalue weighted by Crippen LogP contribution is 2.45. The number of benzene rings is 3. The number of halogens is 1. The number of hydrogen-bond acceptors (Lipinski definition) is 4. The zero-order valence-corrected chi connectivity index (χ0v) is 18.8. The lowest BCUT2D eigenvalue weighted by molar-refractivity contribution is 0.0989. The molecule has 1 aliphatic rings. The van der Waals surface area contributed by atoms with E-state index in [1.165, 1.54) is 0 Å². The van der Waals surface area contributed by atoms with E-state index in [-0.39, 0.29) is 17.2 Å². The number of pyridine rings is 1. The molecular formula is C27H18ClN3O3. The van der Waals surface area contributed by atoms with Crippen molar-refractivity contribution >= 4 is 23.2 Å². The van der Waals surface area contributed by atoms with Crippen molar-refractivity contribution < 1.29 is 9.53 Å². The Morgan fingerprint density at radius 3 is 2.26 bits per heavy atom. The van der Waals surface area contributed by atoms with Crippen LogP contribution in [0.2, 0.25) is 5.02 Å². The van der Waals surface area contributed by atoms with Gasteiger partial charge >= 0.3 is 0 Å². The van der Waals surface area contributed by atoms with Crippen molar-refractivity contribution in [2.75, 3.05) is 12.0 Å². The molecule has 0 saturated heterocycles. The van der Waals surface area contributed by atoms with Crippen LogP contribution in [0.15, 0.2) is 83.7 Å². The van der Waals surface area contributed by atoms with Crippen molar-refractivity contribution in [3.63, 3.8) is 0 Å². The number of nitrogens with zero attached hydrogens (tertiary/aromatic N) is 2. The summed E-state index contributed by atoms with van der Waals surface area (Å²) in [6.07, 6.45) is 0. The zero-order chi connectivity index (χ0) is 23.8. The Balaban J connectivity index is 1.85. The van der Waals surface area contributed by atoms with Crippen LogP contribution in [0.25, 0.3) is 11.1 Å². The molecule has 7 heteroatoms. The Labute approximate surface area is 200 Å². The molecule has 0 radical (unpaired) electrons. The van der Waals surface area contributed by atoms with E-state index in [2.05, 4.69) is 4.98 Å². The number of methoxy groups -OCH3 is 1. The summed E-state index contributed by atoms with van der Waals surface area (Å²) in [7, 11) is 1.59. The monoisotopic (exact) mass is 467 g/mol. The highest BCUT2D eigenvalue weighted by Gasteiger charge is 2.42. The molecule has 2 heterocycles. The number of amides is 1. The minimum Gasteiger partial charge on any atom is -0.497 e. The summed E-state index contributed by atoms with van der Waals surface area (Å²) in [4.78, 5) is 30.9. The van der Waals surface area contributed by atoms with Crippen LogP contribution in [0.3, 0.4) is 0 Å². The van der Waals surface area contributed by atoms with Gasteiger partial charge in [0.1, 0.15) is 23.1 Å². The molecule has 1 N–H and O–H groups in total. The van der Waals surface area contributed by atoms with Crippen LogP contribution in [-0.2, 0) is 0 Å². The van der Waals surface area contributed by atoms with Crippen molar-refractivity contribution in [1.29, 1.82) is 5.26 Å². The van der Waals surface area contributed by atoms with Crippen molar-refractivity contribution in [3.05, 3.63) is 117 Å². The molecule has 5 rings (SSSR count). The van der Waals surface area contributed by atoms with Crippen LogP contribution >= 0.6 is 11.6 Å². The molecule has 0 bridgehead atoms. The minimum absolute atomic E-state index is 0.0534. The average molecular weight is 468 g/mol. The molecule has 0 fully saturated rings. The van der Waals surface area contributed by atoms with Crippen LogP contribution in [-0.4, -0.2) is 18.0 Å². The molecule has 1 atom stereocenters. The fourth-order valence-corrected chi connectivity index (χ4v) is 4.53. The molecule has 0 spiro atoms. The predicted octanol–water partition coefficient (Wildman–Crippen LogP) is 5.33. The fraction of sp³-hybridized carbons (Fsp3) is 0.0741. The van der Waals surface area contributed by atoms with Crippen molar-refractivity contribution in [3.8, 4) is 22.9 Å². The van der Waals surface area contributed by atoms with Gasteiger partial charge in [0.05, 0.1) is 13.2 Å². The zero-order valence-electron chi connectivity index (χ0n) is 18.1. The number of H-pyrrole nitrogens is 1. The first-order valence-corrected chi connectivity index (χ1v) is 10.9. The van der Waals surface area contributed by atoms with Gasteiger partial charge < -0.3 is 9.72 Å². The van der Waals surface area contributed by atoms with Gasteiger partial charge in [0.25, 0.3) is 11.5 Å². The number of para-hydroxylation sites is 1. The van der Waals surface area contributed by atoms with E-state index in [4.69, 9.17) is 16.3 Å². The first-order valence-electron chi connectivity index (χ1n) is 10.5. The number of rotatable bonds is 4. The van der Waals surface area contributed by atoms with Gasteiger partial charge in [0.15, 0.2) is 0 Å². The quantitative estimate of drug-likeness (QED) is 0.439. The highest BCUT2D eigenvalue weighted by molar-refractivity contribution is 6.30. The van der Waals surface area contributed by atoms with E-state index >= 15 is 0 Å². The Morgan fingerprint density at radius 2 is 1.65 bits per heavy atom. The Morgan fingerprint density at radius 1 is 0.971 bits per heavy atom. The second-order valence-electron chi connectivity index (χ2n) is 7.80. The van der Waals surface area contributed by atoms with Crippen LogP contribution in [0.5, 0.6) is 5.75 Å². The first kappa shape index (κ1) is 21.5. The molecule has 34 heavy (non-hydrogen) atoms. The fourth-order valence-electron chi connectivity index (χ4n) is 4.41. The number of fused-ring (bicyclic) bond motifs is 1. The lowest BCUT2D eigenvalue weighted by Gasteiger charge is -2.27. The third-order valence-corrected chi connectivity index (χ3v) is 6.18. The summed E-state index contributed by atoms with van der Waals surface area (Å²) in [5.41, 5.74) is 2.60. The van der Waals surface area contributed by atoms with Crippen molar-refractivity contribution in [1.82, 2.24) is 4.98 Å². The molecule has 1 aliphatic heterocycles. The number of nitrogens with one attached hydrogen (secondary N) is 1. The number of anilines is 1. The maximum Gasteiger partial charge on any atom is 0.276 e. The number of carbonyl (C=O) groups excluding carboxylic acids is 1. The Hall–Kier alpha value is -4.34. The average Bonchev–Trinajstić information content (AvgIpc) is 3.16. The Kier molecular flexibility index (Phi) is 5.40. The summed E-state index contributed by atoms with van der Waals surface area (Å²) in [6, 6.07) is 25.0. The number of ether oxygens (including phenoxy) is 1. The molecule has 166 valence electrons. The second kappa shape index (κ2) is 8.54. The van der Waals surface area contributed by atoms with Crippen LogP contribution in [0, 0.1) is 11.3 Å². The summed E-state index contributed by atoms with van der Waals surface area (Å²) in [5.74, 6) is 0.329. The molecule has 0 saturated carbocycles. The number of nitriles is 1.